The molecule has 0 aromatic heterocycles. The first-order valence-corrected chi connectivity index (χ1v) is 5.96. The third-order valence-corrected chi connectivity index (χ3v) is 2.77. The molecule has 4 nitrogen and oxygen atoms in total. The zero-order chi connectivity index (χ0) is 13.7. The molecular formula is C14H19NO3. The lowest BCUT2D eigenvalue weighted by molar-refractivity contribution is 0.0768. The fraction of sp³-hybridized carbons (Fsp3) is 0.429. The van der Waals surface area contributed by atoms with Gasteiger partial charge in [-0.1, -0.05) is 12.1 Å². The molecule has 0 fully saturated rings. The van der Waals surface area contributed by atoms with Crippen LogP contribution in [-0.2, 0) is 0 Å². The van der Waals surface area contributed by atoms with Crippen LogP contribution in [0.15, 0.2) is 24.3 Å². The molecule has 18 heavy (non-hydrogen) atoms. The predicted molar refractivity (Wildman–Crippen MR) is 69.7 cm³/mol. The van der Waals surface area contributed by atoms with Gasteiger partial charge in [0.25, 0.3) is 5.91 Å². The van der Waals surface area contributed by atoms with Crippen LogP contribution in [0.2, 0.25) is 0 Å². The number of benzene rings is 1. The average Bonchev–Trinajstić information content (AvgIpc) is 2.35. The Hall–Kier alpha value is -1.68. The maximum absolute atomic E-state index is 12.0. The fourth-order valence-corrected chi connectivity index (χ4v) is 1.55. The van der Waals surface area contributed by atoms with Crippen molar-refractivity contribution in [2.45, 2.75) is 26.4 Å². The van der Waals surface area contributed by atoms with E-state index in [1.165, 1.54) is 6.92 Å². The molecule has 1 unspecified atom stereocenters. The summed E-state index contributed by atoms with van der Waals surface area (Å²) in [5.41, 5.74) is 1.14. The van der Waals surface area contributed by atoms with Gasteiger partial charge in [0.15, 0.2) is 5.78 Å². The van der Waals surface area contributed by atoms with Crippen LogP contribution in [0.25, 0.3) is 0 Å². The lowest BCUT2D eigenvalue weighted by atomic mass is 10.1. The Morgan fingerprint density at radius 2 is 1.72 bits per heavy atom. The van der Waals surface area contributed by atoms with Crippen LogP contribution in [0.5, 0.6) is 0 Å². The van der Waals surface area contributed by atoms with Gasteiger partial charge in [-0.2, -0.15) is 0 Å². The van der Waals surface area contributed by atoms with E-state index in [1.54, 1.807) is 43.1 Å². The third kappa shape index (κ3) is 3.96. The highest BCUT2D eigenvalue weighted by molar-refractivity contribution is 5.97. The molecule has 0 spiro atoms. The van der Waals surface area contributed by atoms with Crippen LogP contribution in [0.3, 0.4) is 0 Å². The number of carbonyl (C=O) groups is 2. The molecule has 0 bridgehead atoms. The van der Waals surface area contributed by atoms with Crippen molar-refractivity contribution < 1.29 is 14.7 Å². The summed E-state index contributed by atoms with van der Waals surface area (Å²) < 4.78 is 0. The van der Waals surface area contributed by atoms with Crippen molar-refractivity contribution in [1.29, 1.82) is 0 Å². The van der Waals surface area contributed by atoms with Gasteiger partial charge in [-0.3, -0.25) is 9.59 Å². The van der Waals surface area contributed by atoms with Gasteiger partial charge in [0, 0.05) is 24.7 Å². The highest BCUT2D eigenvalue weighted by atomic mass is 16.3. The normalized spacial score (nSPS) is 12.0. The summed E-state index contributed by atoms with van der Waals surface area (Å²) in [6.45, 7) is 3.69. The summed E-state index contributed by atoms with van der Waals surface area (Å²) in [6, 6.07) is 6.60. The molecule has 1 aromatic carbocycles. The number of hydrogen-bond donors (Lipinski definition) is 1. The van der Waals surface area contributed by atoms with E-state index in [2.05, 4.69) is 0 Å². The van der Waals surface area contributed by atoms with E-state index < -0.39 is 6.10 Å². The molecule has 0 aliphatic carbocycles. The van der Waals surface area contributed by atoms with Gasteiger partial charge in [0.05, 0.1) is 6.10 Å². The molecule has 1 atom stereocenters. The topological polar surface area (TPSA) is 57.6 Å². The number of hydrogen-bond acceptors (Lipinski definition) is 3. The SMILES string of the molecule is CC(=O)c1ccc(C(=O)N(C)CCC(C)O)cc1. The van der Waals surface area contributed by atoms with Crippen molar-refractivity contribution in [3.63, 3.8) is 0 Å². The van der Waals surface area contributed by atoms with Gasteiger partial charge in [0.1, 0.15) is 0 Å². The van der Waals surface area contributed by atoms with E-state index in [-0.39, 0.29) is 11.7 Å². The van der Waals surface area contributed by atoms with E-state index in [0.29, 0.717) is 24.1 Å². The molecule has 4 heteroatoms. The summed E-state index contributed by atoms with van der Waals surface area (Å²) in [6.07, 6.45) is 0.133. The fourth-order valence-electron chi connectivity index (χ4n) is 1.55. The highest BCUT2D eigenvalue weighted by Gasteiger charge is 2.12. The molecule has 0 radical (unpaired) electrons. The highest BCUT2D eigenvalue weighted by Crippen LogP contribution is 2.08. The van der Waals surface area contributed by atoms with E-state index in [4.69, 9.17) is 0 Å². The van der Waals surface area contributed by atoms with Gasteiger partial charge < -0.3 is 10.0 Å². The summed E-state index contributed by atoms with van der Waals surface area (Å²) in [4.78, 5) is 24.7. The van der Waals surface area contributed by atoms with E-state index in [0.717, 1.165) is 0 Å². The number of nitrogens with zero attached hydrogens (tertiary/aromatic N) is 1. The largest absolute Gasteiger partial charge is 0.393 e. The third-order valence-electron chi connectivity index (χ3n) is 2.77. The zero-order valence-electron chi connectivity index (χ0n) is 11.0. The number of aliphatic hydroxyl groups is 1. The minimum Gasteiger partial charge on any atom is -0.393 e. The van der Waals surface area contributed by atoms with Crippen molar-refractivity contribution in [1.82, 2.24) is 4.90 Å². The Morgan fingerprint density at radius 1 is 1.22 bits per heavy atom. The average molecular weight is 249 g/mol. The summed E-state index contributed by atoms with van der Waals surface area (Å²) >= 11 is 0. The van der Waals surface area contributed by atoms with Crippen LogP contribution in [-0.4, -0.2) is 41.4 Å². The molecular weight excluding hydrogens is 230 g/mol. The van der Waals surface area contributed by atoms with Crippen LogP contribution in [0, 0.1) is 0 Å². The Morgan fingerprint density at radius 3 is 2.17 bits per heavy atom. The van der Waals surface area contributed by atoms with Crippen LogP contribution in [0.1, 0.15) is 41.0 Å². The van der Waals surface area contributed by atoms with Gasteiger partial charge in [-0.15, -0.1) is 0 Å². The minimum absolute atomic E-state index is 0.0172. The first-order valence-electron chi connectivity index (χ1n) is 5.96. The van der Waals surface area contributed by atoms with Gasteiger partial charge >= 0.3 is 0 Å². The lowest BCUT2D eigenvalue weighted by Crippen LogP contribution is -2.29. The van der Waals surface area contributed by atoms with Crippen molar-refractivity contribution in [3.8, 4) is 0 Å². The van der Waals surface area contributed by atoms with Crippen LogP contribution < -0.4 is 0 Å². The first-order chi connectivity index (χ1) is 8.41. The standard InChI is InChI=1S/C14H19NO3/c1-10(16)8-9-15(3)14(18)13-6-4-12(5-7-13)11(2)17/h4-7,10,16H,8-9H2,1-3H3. The second-order valence-electron chi connectivity index (χ2n) is 4.50. The number of aliphatic hydroxyl groups excluding tert-OH is 1. The van der Waals surface area contributed by atoms with Crippen molar-refractivity contribution >= 4 is 11.7 Å². The maximum Gasteiger partial charge on any atom is 0.253 e. The van der Waals surface area contributed by atoms with Gasteiger partial charge in [-0.25, -0.2) is 0 Å². The molecule has 1 amide bonds. The Kier molecular flexibility index (Phi) is 5.04. The number of Topliss-reactive ketones (excluding diaryl/α,β-unsaturated/α-hetero) is 1. The monoisotopic (exact) mass is 249 g/mol. The maximum atomic E-state index is 12.0. The van der Waals surface area contributed by atoms with E-state index in [1.807, 2.05) is 0 Å². The molecule has 0 heterocycles. The zero-order valence-corrected chi connectivity index (χ0v) is 11.0. The predicted octanol–water partition coefficient (Wildman–Crippen LogP) is 1.73. The van der Waals surface area contributed by atoms with Crippen molar-refractivity contribution in [2.24, 2.45) is 0 Å². The number of rotatable bonds is 5. The van der Waals surface area contributed by atoms with Crippen LogP contribution >= 0.6 is 0 Å². The van der Waals surface area contributed by atoms with Crippen molar-refractivity contribution in [2.75, 3.05) is 13.6 Å². The second-order valence-corrected chi connectivity index (χ2v) is 4.50. The van der Waals surface area contributed by atoms with E-state index >= 15 is 0 Å². The Labute approximate surface area is 107 Å². The molecule has 0 saturated carbocycles. The summed E-state index contributed by atoms with van der Waals surface area (Å²) in [5.74, 6) is -0.123. The first kappa shape index (κ1) is 14.4. The van der Waals surface area contributed by atoms with Crippen molar-refractivity contribution in [3.05, 3.63) is 35.4 Å². The van der Waals surface area contributed by atoms with Gasteiger partial charge in [0.2, 0.25) is 0 Å². The number of ketones is 1. The second kappa shape index (κ2) is 6.31. The van der Waals surface area contributed by atoms with Crippen LogP contribution in [0.4, 0.5) is 0 Å². The molecule has 0 aliphatic heterocycles. The molecule has 0 aliphatic rings. The minimum atomic E-state index is -0.416. The molecule has 1 rings (SSSR count). The Balaban J connectivity index is 2.69. The molecule has 1 aromatic rings. The number of carbonyl (C=O) groups excluding carboxylic acids is 2. The molecule has 1 N–H and O–H groups in total. The Bertz CT molecular complexity index is 423. The van der Waals surface area contributed by atoms with Gasteiger partial charge in [-0.05, 0) is 32.4 Å². The lowest BCUT2D eigenvalue weighted by Gasteiger charge is -2.18. The quantitative estimate of drug-likeness (QED) is 0.808. The molecule has 0 saturated heterocycles. The smallest absolute Gasteiger partial charge is 0.253 e. The van der Waals surface area contributed by atoms with E-state index in [9.17, 15) is 14.7 Å². The molecule has 98 valence electrons. The summed E-state index contributed by atoms with van der Waals surface area (Å²) in [5, 5.41) is 9.18. The summed E-state index contributed by atoms with van der Waals surface area (Å²) in [7, 11) is 1.70. The number of amides is 1.